The second-order valence-corrected chi connectivity index (χ2v) is 5.91. The van der Waals surface area contributed by atoms with Crippen molar-refractivity contribution < 1.29 is 26.8 Å². The van der Waals surface area contributed by atoms with Crippen molar-refractivity contribution in [2.45, 2.75) is 84.0 Å². The van der Waals surface area contributed by atoms with Gasteiger partial charge in [-0.25, -0.2) is 9.98 Å². The molecule has 0 saturated carbocycles. The van der Waals surface area contributed by atoms with Gasteiger partial charge in [0, 0.05) is 18.6 Å². The standard InChI is InChI=1S/C15H29NO.C5H5N.BrH/c1-3-4-5-6-7-8-9-10-11-12-13-14-15(17)16-2;1-2-4-6-5-3-1;/h2-14H2,1H3;1-5H;1H. The van der Waals surface area contributed by atoms with Gasteiger partial charge in [-0.3, -0.25) is 4.79 Å². The molecule has 0 saturated heterocycles. The molecular weight excluding hydrogens is 364 g/mol. The molecule has 3 nitrogen and oxygen atoms in total. The van der Waals surface area contributed by atoms with Gasteiger partial charge in [0.25, 0.3) is 0 Å². The molecule has 4 heteroatoms. The van der Waals surface area contributed by atoms with Gasteiger partial charge in [-0.2, -0.15) is 0 Å². The third kappa shape index (κ3) is 21.0. The van der Waals surface area contributed by atoms with E-state index in [1.54, 1.807) is 0 Å². The van der Waals surface area contributed by atoms with Crippen molar-refractivity contribution in [3.05, 3.63) is 30.6 Å². The summed E-state index contributed by atoms with van der Waals surface area (Å²) in [5.41, 5.74) is 0. The van der Waals surface area contributed by atoms with Crippen molar-refractivity contribution in [1.29, 1.82) is 0 Å². The molecule has 1 heterocycles. The van der Waals surface area contributed by atoms with Gasteiger partial charge in [-0.1, -0.05) is 77.2 Å². The fraction of sp³-hybridized carbons (Fsp3) is 0.650. The SMILES string of the molecule is C=NC(=O)CCCCCCCCCCCCC.[Br-].c1cc[nH+]cc1. The number of aliphatic imine (C=N–C) groups is 1. The topological polar surface area (TPSA) is 43.6 Å². The van der Waals surface area contributed by atoms with Crippen molar-refractivity contribution in [1.82, 2.24) is 0 Å². The maximum atomic E-state index is 10.8. The number of amides is 1. The van der Waals surface area contributed by atoms with Crippen LogP contribution in [0.25, 0.3) is 0 Å². The maximum absolute atomic E-state index is 10.8. The quantitative estimate of drug-likeness (QED) is 0.393. The molecule has 0 bridgehead atoms. The van der Waals surface area contributed by atoms with E-state index in [0.717, 1.165) is 12.8 Å². The van der Waals surface area contributed by atoms with E-state index in [0.29, 0.717) is 6.42 Å². The van der Waals surface area contributed by atoms with Crippen molar-refractivity contribution in [3.63, 3.8) is 0 Å². The van der Waals surface area contributed by atoms with Crippen LogP contribution in [0, 0.1) is 0 Å². The first-order chi connectivity index (χ1) is 11.3. The van der Waals surface area contributed by atoms with Gasteiger partial charge in [0.1, 0.15) is 0 Å². The number of hydrogen-bond donors (Lipinski definition) is 0. The van der Waals surface area contributed by atoms with Gasteiger partial charge >= 0.3 is 0 Å². The Kier molecular flexibility index (Phi) is 23.1. The number of unbranched alkanes of at least 4 members (excludes halogenated alkanes) is 10. The average Bonchev–Trinajstić information content (AvgIpc) is 2.61. The molecular formula is C20H35BrN2O. The second kappa shape index (κ2) is 22.0. The van der Waals surface area contributed by atoms with Crippen LogP contribution in [0.4, 0.5) is 0 Å². The minimum atomic E-state index is -0.0547. The number of carbonyl (C=O) groups is 1. The lowest BCUT2D eigenvalue weighted by Gasteiger charge is -2.01. The molecule has 0 atom stereocenters. The summed E-state index contributed by atoms with van der Waals surface area (Å²) in [6, 6.07) is 5.86. The van der Waals surface area contributed by atoms with Crippen molar-refractivity contribution in [2.75, 3.05) is 0 Å². The summed E-state index contributed by atoms with van der Waals surface area (Å²) < 4.78 is 0. The third-order valence-electron chi connectivity index (χ3n) is 3.78. The zero-order chi connectivity index (χ0) is 17.0. The van der Waals surface area contributed by atoms with Crippen LogP contribution in [0.2, 0.25) is 0 Å². The monoisotopic (exact) mass is 398 g/mol. The number of nitrogens with one attached hydrogen (secondary N) is 1. The number of aromatic nitrogens is 1. The van der Waals surface area contributed by atoms with Crippen LogP contribution in [0.3, 0.4) is 0 Å². The molecule has 0 unspecified atom stereocenters. The Labute approximate surface area is 159 Å². The molecule has 24 heavy (non-hydrogen) atoms. The summed E-state index contributed by atoms with van der Waals surface area (Å²) in [7, 11) is 0. The summed E-state index contributed by atoms with van der Waals surface area (Å²) >= 11 is 0. The molecule has 0 aliphatic rings. The molecule has 0 aliphatic heterocycles. The Morgan fingerprint density at radius 3 is 1.62 bits per heavy atom. The largest absolute Gasteiger partial charge is 1.00 e. The van der Waals surface area contributed by atoms with Crippen LogP contribution >= 0.6 is 0 Å². The molecule has 1 aromatic heterocycles. The lowest BCUT2D eigenvalue weighted by atomic mass is 10.1. The first-order valence-electron chi connectivity index (χ1n) is 9.22. The normalized spacial score (nSPS) is 9.38. The van der Waals surface area contributed by atoms with Gasteiger partial charge < -0.3 is 17.0 Å². The third-order valence-corrected chi connectivity index (χ3v) is 3.78. The summed E-state index contributed by atoms with van der Waals surface area (Å²) in [6.45, 7) is 5.49. The highest BCUT2D eigenvalue weighted by Crippen LogP contribution is 2.11. The molecule has 0 aromatic carbocycles. The number of pyridine rings is 1. The van der Waals surface area contributed by atoms with Crippen LogP contribution in [-0.2, 0) is 4.79 Å². The number of hydrogen-bond acceptors (Lipinski definition) is 1. The van der Waals surface area contributed by atoms with Crippen LogP contribution in [-0.4, -0.2) is 12.6 Å². The zero-order valence-corrected chi connectivity index (χ0v) is 16.9. The van der Waals surface area contributed by atoms with Gasteiger partial charge in [0.2, 0.25) is 5.91 Å². The number of H-pyrrole nitrogens is 1. The highest BCUT2D eigenvalue weighted by atomic mass is 79.9. The summed E-state index contributed by atoms with van der Waals surface area (Å²) in [6.07, 6.45) is 18.8. The summed E-state index contributed by atoms with van der Waals surface area (Å²) in [4.78, 5) is 17.1. The van der Waals surface area contributed by atoms with Crippen molar-refractivity contribution in [2.24, 2.45) is 4.99 Å². The van der Waals surface area contributed by atoms with E-state index in [4.69, 9.17) is 0 Å². The van der Waals surface area contributed by atoms with Crippen molar-refractivity contribution >= 4 is 12.6 Å². The Balaban J connectivity index is 0. The van der Waals surface area contributed by atoms with E-state index in [9.17, 15) is 4.79 Å². The van der Waals surface area contributed by atoms with E-state index in [1.807, 2.05) is 30.6 Å². The fourth-order valence-corrected chi connectivity index (χ4v) is 2.36. The lowest BCUT2D eigenvalue weighted by molar-refractivity contribution is -0.377. The Hall–Kier alpha value is -1.03. The highest BCUT2D eigenvalue weighted by molar-refractivity contribution is 5.80. The number of aromatic amines is 1. The van der Waals surface area contributed by atoms with E-state index in [2.05, 4.69) is 23.6 Å². The molecule has 0 aliphatic carbocycles. The van der Waals surface area contributed by atoms with Gasteiger partial charge in [0.05, 0.1) is 0 Å². The lowest BCUT2D eigenvalue weighted by Crippen LogP contribution is -3.00. The Morgan fingerprint density at radius 1 is 0.833 bits per heavy atom. The summed E-state index contributed by atoms with van der Waals surface area (Å²) in [5.74, 6) is -0.0547. The zero-order valence-electron chi connectivity index (χ0n) is 15.3. The molecule has 1 aromatic rings. The molecule has 0 spiro atoms. The van der Waals surface area contributed by atoms with E-state index >= 15 is 0 Å². The molecule has 138 valence electrons. The number of nitrogens with zero attached hydrogens (tertiary/aromatic N) is 1. The predicted octanol–water partition coefficient (Wildman–Crippen LogP) is 2.42. The molecule has 1 rings (SSSR count). The Bertz CT molecular complexity index is 344. The number of rotatable bonds is 12. The summed E-state index contributed by atoms with van der Waals surface area (Å²) in [5, 5.41) is 0. The van der Waals surface area contributed by atoms with Crippen LogP contribution < -0.4 is 22.0 Å². The van der Waals surface area contributed by atoms with Crippen LogP contribution in [0.5, 0.6) is 0 Å². The van der Waals surface area contributed by atoms with Crippen LogP contribution in [0.1, 0.15) is 84.0 Å². The number of carbonyl (C=O) groups excluding carboxylic acids is 1. The second-order valence-electron chi connectivity index (χ2n) is 5.91. The van der Waals surface area contributed by atoms with E-state index in [1.165, 1.54) is 57.8 Å². The molecule has 0 fully saturated rings. The number of halogens is 1. The predicted molar refractivity (Wildman–Crippen MR) is 98.6 cm³/mol. The molecule has 1 N–H and O–H groups in total. The average molecular weight is 399 g/mol. The smallest absolute Gasteiger partial charge is 0.245 e. The molecule has 1 amide bonds. The van der Waals surface area contributed by atoms with E-state index < -0.39 is 0 Å². The van der Waals surface area contributed by atoms with Gasteiger partial charge in [-0.15, -0.1) is 0 Å². The van der Waals surface area contributed by atoms with Gasteiger partial charge in [-0.05, 0) is 13.1 Å². The van der Waals surface area contributed by atoms with Gasteiger partial charge in [0.15, 0.2) is 12.4 Å². The fourth-order valence-electron chi connectivity index (χ4n) is 2.36. The van der Waals surface area contributed by atoms with Crippen LogP contribution in [0.15, 0.2) is 35.6 Å². The molecule has 0 radical (unpaired) electrons. The first kappa shape index (κ1) is 25.2. The minimum absolute atomic E-state index is 0. The maximum Gasteiger partial charge on any atom is 0.245 e. The first-order valence-corrected chi connectivity index (χ1v) is 9.22. The highest BCUT2D eigenvalue weighted by Gasteiger charge is 1.97. The Morgan fingerprint density at radius 2 is 1.29 bits per heavy atom. The minimum Gasteiger partial charge on any atom is -1.00 e. The van der Waals surface area contributed by atoms with E-state index in [-0.39, 0.29) is 22.9 Å². The van der Waals surface area contributed by atoms with Crippen molar-refractivity contribution in [3.8, 4) is 0 Å².